The van der Waals surface area contributed by atoms with Crippen molar-refractivity contribution in [1.82, 2.24) is 0 Å². The number of benzene rings is 2. The molecule has 3 aliphatic carbocycles. The van der Waals surface area contributed by atoms with Gasteiger partial charge in [-0.05, 0) is 141 Å². The van der Waals surface area contributed by atoms with Crippen LogP contribution in [0.15, 0.2) is 55.1 Å². The normalized spacial score (nSPS) is 31.1. The lowest BCUT2D eigenvalue weighted by Gasteiger charge is -2.37. The molecule has 200 valence electrons. The molecule has 0 bridgehead atoms. The number of halogens is 4. The molecule has 3 fully saturated rings. The summed E-state index contributed by atoms with van der Waals surface area (Å²) >= 11 is 0. The molecule has 4 heteroatoms. The highest BCUT2D eigenvalue weighted by Crippen LogP contribution is 2.45. The second-order valence-electron chi connectivity index (χ2n) is 12.0. The van der Waals surface area contributed by atoms with E-state index in [4.69, 9.17) is 0 Å². The van der Waals surface area contributed by atoms with Crippen molar-refractivity contribution in [2.24, 2.45) is 17.8 Å². The zero-order valence-electron chi connectivity index (χ0n) is 21.8. The van der Waals surface area contributed by atoms with Crippen molar-refractivity contribution >= 4 is 0 Å². The molecule has 3 saturated carbocycles. The van der Waals surface area contributed by atoms with Crippen molar-refractivity contribution in [1.29, 1.82) is 0 Å². The molecule has 37 heavy (non-hydrogen) atoms. The van der Waals surface area contributed by atoms with Gasteiger partial charge in [0, 0.05) is 0 Å². The van der Waals surface area contributed by atoms with E-state index in [9.17, 15) is 17.6 Å². The molecule has 2 aromatic carbocycles. The molecular weight excluding hydrogens is 472 g/mol. The highest BCUT2D eigenvalue weighted by molar-refractivity contribution is 5.31. The van der Waals surface area contributed by atoms with Gasteiger partial charge in [0.15, 0.2) is 0 Å². The van der Waals surface area contributed by atoms with Crippen LogP contribution in [0, 0.1) is 23.6 Å². The standard InChI is InChI=1S/C33H40F4/c1-2-22-3-5-23(6-4-22)24-7-9-25(10-8-24)26-11-13-27(14-12-26)28-15-17-29(18-16-28)30-19-20-31(32(34)21-30)33(35,36)37/h2,11-14,19-25,28-29H,1,3-10,15-18H2. The van der Waals surface area contributed by atoms with Gasteiger partial charge in [0.25, 0.3) is 0 Å². The van der Waals surface area contributed by atoms with Gasteiger partial charge in [0.05, 0.1) is 5.56 Å². The van der Waals surface area contributed by atoms with Gasteiger partial charge in [0.2, 0.25) is 0 Å². The lowest BCUT2D eigenvalue weighted by atomic mass is 9.68. The van der Waals surface area contributed by atoms with Gasteiger partial charge in [-0.3, -0.25) is 0 Å². The van der Waals surface area contributed by atoms with Crippen LogP contribution in [-0.4, -0.2) is 0 Å². The lowest BCUT2D eigenvalue weighted by Crippen LogP contribution is -2.25. The summed E-state index contributed by atoms with van der Waals surface area (Å²) in [6, 6.07) is 12.8. The monoisotopic (exact) mass is 512 g/mol. The Hall–Kier alpha value is -2.10. The van der Waals surface area contributed by atoms with Crippen molar-refractivity contribution in [3.63, 3.8) is 0 Å². The first-order valence-corrected chi connectivity index (χ1v) is 14.4. The predicted molar refractivity (Wildman–Crippen MR) is 142 cm³/mol. The van der Waals surface area contributed by atoms with Crippen LogP contribution in [0.4, 0.5) is 17.6 Å². The fourth-order valence-corrected chi connectivity index (χ4v) is 7.59. The Morgan fingerprint density at radius 3 is 1.43 bits per heavy atom. The average molecular weight is 513 g/mol. The Balaban J connectivity index is 1.11. The third kappa shape index (κ3) is 6.15. The molecule has 0 unspecified atom stereocenters. The number of hydrogen-bond acceptors (Lipinski definition) is 0. The van der Waals surface area contributed by atoms with Crippen molar-refractivity contribution in [2.75, 3.05) is 0 Å². The van der Waals surface area contributed by atoms with E-state index in [2.05, 4.69) is 36.9 Å². The highest BCUT2D eigenvalue weighted by atomic mass is 19.4. The molecule has 0 saturated heterocycles. The summed E-state index contributed by atoms with van der Waals surface area (Å²) in [5.74, 6) is 2.72. The average Bonchev–Trinajstić information content (AvgIpc) is 2.93. The van der Waals surface area contributed by atoms with E-state index in [0.717, 1.165) is 55.6 Å². The minimum atomic E-state index is -4.64. The van der Waals surface area contributed by atoms with Gasteiger partial charge in [-0.15, -0.1) is 6.58 Å². The maximum absolute atomic E-state index is 14.1. The van der Waals surface area contributed by atoms with Gasteiger partial charge in [0.1, 0.15) is 5.82 Å². The van der Waals surface area contributed by atoms with Crippen molar-refractivity contribution < 1.29 is 17.6 Å². The number of allylic oxidation sites excluding steroid dienone is 1. The van der Waals surface area contributed by atoms with Crippen LogP contribution >= 0.6 is 0 Å². The highest BCUT2D eigenvalue weighted by Gasteiger charge is 2.35. The van der Waals surface area contributed by atoms with Gasteiger partial charge in [-0.25, -0.2) is 4.39 Å². The number of hydrogen-bond donors (Lipinski definition) is 0. The molecule has 0 nitrogen and oxygen atoms in total. The molecule has 3 aliphatic rings. The van der Waals surface area contributed by atoms with Gasteiger partial charge in [-0.2, -0.15) is 13.2 Å². The third-order valence-electron chi connectivity index (χ3n) is 9.96. The summed E-state index contributed by atoms with van der Waals surface area (Å²) in [7, 11) is 0. The smallest absolute Gasteiger partial charge is 0.206 e. The van der Waals surface area contributed by atoms with E-state index in [1.807, 2.05) is 0 Å². The SMILES string of the molecule is C=CC1CCC(C2CCC(c3ccc(C4CCC(c5ccc(C(F)(F)F)c(F)c5)CC4)cc3)CC2)CC1. The Morgan fingerprint density at radius 2 is 1.00 bits per heavy atom. The molecule has 0 N–H and O–H groups in total. The van der Waals surface area contributed by atoms with Crippen LogP contribution in [0.5, 0.6) is 0 Å². The van der Waals surface area contributed by atoms with Crippen LogP contribution in [0.3, 0.4) is 0 Å². The Labute approximate surface area is 219 Å². The van der Waals surface area contributed by atoms with Crippen LogP contribution in [0.1, 0.15) is 117 Å². The number of rotatable bonds is 5. The largest absolute Gasteiger partial charge is 0.419 e. The molecule has 0 atom stereocenters. The van der Waals surface area contributed by atoms with Gasteiger partial charge >= 0.3 is 6.18 Å². The van der Waals surface area contributed by atoms with Gasteiger partial charge < -0.3 is 0 Å². The molecule has 0 spiro atoms. The van der Waals surface area contributed by atoms with E-state index < -0.39 is 17.6 Å². The quantitative estimate of drug-likeness (QED) is 0.276. The topological polar surface area (TPSA) is 0 Å². The molecule has 5 rings (SSSR count). The minimum Gasteiger partial charge on any atom is -0.206 e. The maximum Gasteiger partial charge on any atom is 0.419 e. The van der Waals surface area contributed by atoms with Crippen LogP contribution in [0.2, 0.25) is 0 Å². The first-order valence-electron chi connectivity index (χ1n) is 14.4. The van der Waals surface area contributed by atoms with Crippen LogP contribution < -0.4 is 0 Å². The predicted octanol–water partition coefficient (Wildman–Crippen LogP) is 10.6. The molecule has 0 amide bonds. The van der Waals surface area contributed by atoms with Crippen molar-refractivity contribution in [2.45, 2.75) is 101 Å². The summed E-state index contributed by atoms with van der Waals surface area (Å²) in [6.07, 6.45) is 12.0. The molecule has 2 aromatic rings. The third-order valence-corrected chi connectivity index (χ3v) is 9.96. The first kappa shape index (κ1) is 26.5. The fraction of sp³-hybridized carbons (Fsp3) is 0.576. The summed E-state index contributed by atoms with van der Waals surface area (Å²) in [6.45, 7) is 3.99. The summed E-state index contributed by atoms with van der Waals surface area (Å²) in [5.41, 5.74) is 2.37. The van der Waals surface area contributed by atoms with E-state index in [1.165, 1.54) is 68.6 Å². The molecule has 0 aliphatic heterocycles. The van der Waals surface area contributed by atoms with Gasteiger partial charge in [-0.1, -0.05) is 36.4 Å². The van der Waals surface area contributed by atoms with E-state index in [-0.39, 0.29) is 5.92 Å². The Bertz CT molecular complexity index is 1030. The Morgan fingerprint density at radius 1 is 0.595 bits per heavy atom. The minimum absolute atomic E-state index is 0.134. The zero-order chi connectivity index (χ0) is 26.0. The van der Waals surface area contributed by atoms with Crippen LogP contribution in [0.25, 0.3) is 0 Å². The fourth-order valence-electron chi connectivity index (χ4n) is 7.59. The van der Waals surface area contributed by atoms with E-state index >= 15 is 0 Å². The second-order valence-corrected chi connectivity index (χ2v) is 12.0. The Kier molecular flexibility index (Phi) is 8.12. The van der Waals surface area contributed by atoms with Crippen molar-refractivity contribution in [3.05, 3.63) is 83.2 Å². The summed E-state index contributed by atoms with van der Waals surface area (Å²) in [4.78, 5) is 0. The summed E-state index contributed by atoms with van der Waals surface area (Å²) in [5, 5.41) is 0. The maximum atomic E-state index is 14.1. The van der Waals surface area contributed by atoms with Crippen molar-refractivity contribution in [3.8, 4) is 0 Å². The second kappa shape index (κ2) is 11.3. The molecular formula is C33H40F4. The molecule has 0 aromatic heterocycles. The van der Waals surface area contributed by atoms with E-state index in [0.29, 0.717) is 17.4 Å². The summed E-state index contributed by atoms with van der Waals surface area (Å²) < 4.78 is 52.7. The van der Waals surface area contributed by atoms with Crippen LogP contribution in [-0.2, 0) is 6.18 Å². The first-order chi connectivity index (χ1) is 17.8. The lowest BCUT2D eigenvalue weighted by molar-refractivity contribution is -0.140. The van der Waals surface area contributed by atoms with E-state index in [1.54, 1.807) is 0 Å². The molecule has 0 heterocycles. The number of alkyl halides is 3. The zero-order valence-corrected chi connectivity index (χ0v) is 21.8. The molecule has 0 radical (unpaired) electrons.